The second-order valence-electron chi connectivity index (χ2n) is 2.95. The second-order valence-corrected chi connectivity index (χ2v) is 4.76. The lowest BCUT2D eigenvalue weighted by atomic mass is 10.2. The summed E-state index contributed by atoms with van der Waals surface area (Å²) in [5.74, 6) is 0. The number of hydrogen-bond acceptors (Lipinski definition) is 3. The number of rotatable bonds is 1. The summed E-state index contributed by atoms with van der Waals surface area (Å²) in [6.45, 7) is 3.57. The zero-order valence-electron chi connectivity index (χ0n) is 7.07. The highest BCUT2D eigenvalue weighted by Gasteiger charge is 2.31. The molecular weight excluding hydrogens is 172 g/mol. The van der Waals surface area contributed by atoms with E-state index in [0.717, 1.165) is 5.56 Å². The molecule has 0 aliphatic heterocycles. The Morgan fingerprint density at radius 1 is 1.08 bits per heavy atom. The summed E-state index contributed by atoms with van der Waals surface area (Å²) in [4.78, 5) is 27.1. The maximum Gasteiger partial charge on any atom is 0.529 e. The van der Waals surface area contributed by atoms with Crippen LogP contribution in [0.5, 0.6) is 0 Å². The van der Waals surface area contributed by atoms with Crippen molar-refractivity contribution < 1.29 is 14.4 Å². The van der Waals surface area contributed by atoms with Gasteiger partial charge in [0.1, 0.15) is 0 Å². The van der Waals surface area contributed by atoms with Crippen LogP contribution in [-0.4, -0.2) is 23.2 Å². The predicted molar refractivity (Wildman–Crippen MR) is 48.0 cm³/mol. The van der Waals surface area contributed by atoms with Crippen LogP contribution >= 0.6 is 0 Å². The zero-order valence-corrected chi connectivity index (χ0v) is 8.07. The first kappa shape index (κ1) is 9.41. The second kappa shape index (κ2) is 2.99. The molecule has 0 heterocycles. The fourth-order valence-electron chi connectivity index (χ4n) is 1.10. The molecule has 0 aromatic heterocycles. The van der Waals surface area contributed by atoms with Crippen molar-refractivity contribution in [3.05, 3.63) is 29.3 Å². The fraction of sp³-hybridized carbons (Fsp3) is 0.250. The molecule has 0 aliphatic carbocycles. The Kier molecular flexibility index (Phi) is 2.34. The smallest absolute Gasteiger partial charge is 0.386 e. The molecule has 3 N–H and O–H groups in total. The SMILES string of the molecule is Cc1ccc(C)c([Si](O)(O)O)c1. The van der Waals surface area contributed by atoms with E-state index in [9.17, 15) is 0 Å². The number of benzene rings is 1. The lowest BCUT2D eigenvalue weighted by Gasteiger charge is -2.12. The van der Waals surface area contributed by atoms with Crippen LogP contribution in [0.2, 0.25) is 0 Å². The van der Waals surface area contributed by atoms with Gasteiger partial charge in [0, 0.05) is 5.19 Å². The minimum atomic E-state index is -4.11. The summed E-state index contributed by atoms with van der Waals surface area (Å²) in [7, 11) is -4.11. The quantitative estimate of drug-likeness (QED) is 0.512. The van der Waals surface area contributed by atoms with E-state index in [2.05, 4.69) is 0 Å². The first-order valence-electron chi connectivity index (χ1n) is 3.66. The van der Waals surface area contributed by atoms with E-state index in [1.54, 1.807) is 19.1 Å². The van der Waals surface area contributed by atoms with Gasteiger partial charge < -0.3 is 14.4 Å². The van der Waals surface area contributed by atoms with Crippen LogP contribution in [0.3, 0.4) is 0 Å². The molecule has 0 bridgehead atoms. The highest BCUT2D eigenvalue weighted by atomic mass is 28.4. The van der Waals surface area contributed by atoms with E-state index in [0.29, 0.717) is 5.56 Å². The molecule has 0 radical (unpaired) electrons. The van der Waals surface area contributed by atoms with Crippen LogP contribution in [0.1, 0.15) is 11.1 Å². The number of aryl methyl sites for hydroxylation is 2. The van der Waals surface area contributed by atoms with E-state index >= 15 is 0 Å². The van der Waals surface area contributed by atoms with Gasteiger partial charge in [-0.05, 0) is 19.4 Å². The lowest BCUT2D eigenvalue weighted by molar-refractivity contribution is 0.249. The molecule has 0 saturated heterocycles. The van der Waals surface area contributed by atoms with Crippen molar-refractivity contribution in [3.63, 3.8) is 0 Å². The van der Waals surface area contributed by atoms with Gasteiger partial charge in [0.25, 0.3) is 0 Å². The monoisotopic (exact) mass is 184 g/mol. The van der Waals surface area contributed by atoms with E-state index in [-0.39, 0.29) is 5.19 Å². The fourth-order valence-corrected chi connectivity index (χ4v) is 2.13. The van der Waals surface area contributed by atoms with Crippen molar-refractivity contribution in [2.45, 2.75) is 13.8 Å². The summed E-state index contributed by atoms with van der Waals surface area (Å²) in [5, 5.41) is 0.266. The van der Waals surface area contributed by atoms with Crippen LogP contribution in [-0.2, 0) is 0 Å². The van der Waals surface area contributed by atoms with Gasteiger partial charge in [0.15, 0.2) is 0 Å². The molecule has 1 aromatic rings. The van der Waals surface area contributed by atoms with E-state index < -0.39 is 8.80 Å². The molecule has 0 saturated carbocycles. The Morgan fingerprint density at radius 2 is 1.67 bits per heavy atom. The summed E-state index contributed by atoms with van der Waals surface area (Å²) >= 11 is 0. The first-order chi connectivity index (χ1) is 5.41. The standard InChI is InChI=1S/C8H12O3Si/c1-6-3-4-7(2)8(5-6)12(9,10)11/h3-5,9-11H,1-2H3. The molecular formula is C8H12O3Si. The van der Waals surface area contributed by atoms with Crippen molar-refractivity contribution >= 4 is 14.0 Å². The van der Waals surface area contributed by atoms with Crippen LogP contribution in [0, 0.1) is 13.8 Å². The topological polar surface area (TPSA) is 60.7 Å². The molecule has 4 heteroatoms. The summed E-state index contributed by atoms with van der Waals surface area (Å²) < 4.78 is 0. The Bertz CT molecular complexity index is 291. The van der Waals surface area contributed by atoms with Gasteiger partial charge in [-0.15, -0.1) is 0 Å². The molecule has 0 aliphatic rings. The van der Waals surface area contributed by atoms with Gasteiger partial charge in [0.2, 0.25) is 0 Å². The van der Waals surface area contributed by atoms with E-state index in [4.69, 9.17) is 14.4 Å². The van der Waals surface area contributed by atoms with Gasteiger partial charge in [-0.3, -0.25) is 0 Å². The molecule has 0 spiro atoms. The Hall–Kier alpha value is -0.683. The van der Waals surface area contributed by atoms with Gasteiger partial charge in [-0.2, -0.15) is 0 Å². The summed E-state index contributed by atoms with van der Waals surface area (Å²) in [5.41, 5.74) is 1.62. The average Bonchev–Trinajstić information content (AvgIpc) is 1.92. The third-order valence-electron chi connectivity index (χ3n) is 1.75. The van der Waals surface area contributed by atoms with Crippen molar-refractivity contribution in [3.8, 4) is 0 Å². The van der Waals surface area contributed by atoms with Crippen molar-refractivity contribution in [2.24, 2.45) is 0 Å². The minimum absolute atomic E-state index is 0.266. The molecule has 0 unspecified atom stereocenters. The Balaban J connectivity index is 3.23. The zero-order chi connectivity index (χ0) is 9.35. The van der Waals surface area contributed by atoms with E-state index in [1.165, 1.54) is 0 Å². The average molecular weight is 184 g/mol. The van der Waals surface area contributed by atoms with Gasteiger partial charge in [-0.1, -0.05) is 23.8 Å². The third kappa shape index (κ3) is 1.92. The molecule has 66 valence electrons. The molecule has 1 aromatic carbocycles. The summed E-state index contributed by atoms with van der Waals surface area (Å²) in [6.07, 6.45) is 0. The van der Waals surface area contributed by atoms with Crippen LogP contribution in [0.4, 0.5) is 0 Å². The maximum atomic E-state index is 9.04. The molecule has 3 nitrogen and oxygen atoms in total. The predicted octanol–water partition coefficient (Wildman–Crippen LogP) is -0.574. The number of hydrogen-bond donors (Lipinski definition) is 3. The van der Waals surface area contributed by atoms with Crippen LogP contribution < -0.4 is 5.19 Å². The molecule has 12 heavy (non-hydrogen) atoms. The van der Waals surface area contributed by atoms with Gasteiger partial charge in [-0.25, -0.2) is 0 Å². The molecule has 0 atom stereocenters. The Labute approximate surface area is 72.3 Å². The third-order valence-corrected chi connectivity index (χ3v) is 3.02. The van der Waals surface area contributed by atoms with Crippen LogP contribution in [0.15, 0.2) is 18.2 Å². The van der Waals surface area contributed by atoms with E-state index in [1.807, 2.05) is 13.0 Å². The van der Waals surface area contributed by atoms with Crippen molar-refractivity contribution in [1.29, 1.82) is 0 Å². The highest BCUT2D eigenvalue weighted by Crippen LogP contribution is 2.02. The summed E-state index contributed by atoms with van der Waals surface area (Å²) in [6, 6.07) is 5.22. The van der Waals surface area contributed by atoms with Gasteiger partial charge in [0.05, 0.1) is 0 Å². The van der Waals surface area contributed by atoms with Crippen molar-refractivity contribution in [1.82, 2.24) is 0 Å². The lowest BCUT2D eigenvalue weighted by Crippen LogP contribution is -2.50. The van der Waals surface area contributed by atoms with Crippen molar-refractivity contribution in [2.75, 3.05) is 0 Å². The van der Waals surface area contributed by atoms with Gasteiger partial charge >= 0.3 is 8.80 Å². The normalized spacial score (nSPS) is 11.8. The molecule has 0 amide bonds. The van der Waals surface area contributed by atoms with Crippen LogP contribution in [0.25, 0.3) is 0 Å². The largest absolute Gasteiger partial charge is 0.529 e. The molecule has 1 rings (SSSR count). The molecule has 0 fully saturated rings. The highest BCUT2D eigenvalue weighted by molar-refractivity contribution is 6.72. The Morgan fingerprint density at radius 3 is 2.08 bits per heavy atom. The minimum Gasteiger partial charge on any atom is -0.386 e. The maximum absolute atomic E-state index is 9.04. The first-order valence-corrected chi connectivity index (χ1v) is 5.50.